The first kappa shape index (κ1) is 25.1. The van der Waals surface area contributed by atoms with Crippen LogP contribution in [0.25, 0.3) is 0 Å². The number of carbonyl (C=O) groups excluding carboxylic acids is 1. The van der Waals surface area contributed by atoms with E-state index in [1.54, 1.807) is 12.1 Å². The van der Waals surface area contributed by atoms with Crippen LogP contribution in [-0.4, -0.2) is 43.3 Å². The number of sulfone groups is 1. The third kappa shape index (κ3) is 6.29. The number of unbranched alkanes of at least 4 members (excludes halogenated alkanes) is 1. The van der Waals surface area contributed by atoms with Gasteiger partial charge in [0.25, 0.3) is 0 Å². The zero-order chi connectivity index (χ0) is 24.0. The van der Waals surface area contributed by atoms with Crippen LogP contribution < -0.4 is 9.64 Å². The Hall–Kier alpha value is -2.52. The fraction of sp³-hybridized carbons (Fsp3) is 0.417. The lowest BCUT2D eigenvalue weighted by Gasteiger charge is -2.29. The number of fused-ring (bicyclic) bond motifs is 1. The van der Waals surface area contributed by atoms with Crippen molar-refractivity contribution in [2.45, 2.75) is 49.3 Å². The van der Waals surface area contributed by atoms with E-state index in [-0.39, 0.29) is 28.8 Å². The fourth-order valence-corrected chi connectivity index (χ4v) is 6.56. The number of ketones is 1. The van der Waals surface area contributed by atoms with Gasteiger partial charge in [0.1, 0.15) is 5.75 Å². The Bertz CT molecular complexity index is 1100. The van der Waals surface area contributed by atoms with E-state index in [0.717, 1.165) is 47.9 Å². The molecular formula is C24H29NO6S2. The highest BCUT2D eigenvalue weighted by Crippen LogP contribution is 2.43. The molecule has 1 N–H and O–H groups in total. The second-order valence-electron chi connectivity index (χ2n) is 7.99. The highest BCUT2D eigenvalue weighted by Gasteiger charge is 2.34. The van der Waals surface area contributed by atoms with E-state index in [0.29, 0.717) is 18.0 Å². The van der Waals surface area contributed by atoms with Gasteiger partial charge in [0.05, 0.1) is 33.6 Å². The summed E-state index contributed by atoms with van der Waals surface area (Å²) in [5.41, 5.74) is 1.37. The van der Waals surface area contributed by atoms with Gasteiger partial charge in [0.2, 0.25) is 0 Å². The van der Waals surface area contributed by atoms with Crippen molar-refractivity contribution >= 4 is 39.0 Å². The van der Waals surface area contributed by atoms with Gasteiger partial charge in [-0.1, -0.05) is 32.8 Å². The van der Waals surface area contributed by atoms with Gasteiger partial charge in [-0.15, -0.1) is 11.8 Å². The maximum Gasteiger partial charge on any atom is 0.331 e. The number of hydrogen-bond donors (Lipinski definition) is 1. The van der Waals surface area contributed by atoms with E-state index in [1.807, 2.05) is 17.9 Å². The zero-order valence-electron chi connectivity index (χ0n) is 18.8. The fourth-order valence-electron chi connectivity index (χ4n) is 3.96. The van der Waals surface area contributed by atoms with Gasteiger partial charge in [-0.3, -0.25) is 4.79 Å². The molecule has 3 rings (SSSR count). The minimum absolute atomic E-state index is 0.0140. The summed E-state index contributed by atoms with van der Waals surface area (Å²) < 4.78 is 32.5. The number of hydrogen-bond acceptors (Lipinski definition) is 7. The second-order valence-corrected chi connectivity index (χ2v) is 11.3. The molecule has 1 aromatic rings. The third-order valence-electron chi connectivity index (χ3n) is 5.48. The monoisotopic (exact) mass is 491 g/mol. The van der Waals surface area contributed by atoms with Gasteiger partial charge >= 0.3 is 5.97 Å². The minimum Gasteiger partial charge on any atom is -0.478 e. The van der Waals surface area contributed by atoms with Crippen LogP contribution in [0.15, 0.2) is 58.2 Å². The lowest BCUT2D eigenvalue weighted by molar-refractivity contribution is -0.131. The summed E-state index contributed by atoms with van der Waals surface area (Å²) in [4.78, 5) is 25.4. The topological polar surface area (TPSA) is 101 Å². The van der Waals surface area contributed by atoms with Crippen molar-refractivity contribution in [3.63, 3.8) is 0 Å². The Balaban J connectivity index is 2.15. The van der Waals surface area contributed by atoms with Crippen LogP contribution in [-0.2, 0) is 19.4 Å². The Morgan fingerprint density at radius 1 is 1.30 bits per heavy atom. The molecule has 0 bridgehead atoms. The maximum atomic E-state index is 13.5. The van der Waals surface area contributed by atoms with Gasteiger partial charge in [0.15, 0.2) is 15.6 Å². The lowest BCUT2D eigenvalue weighted by Crippen LogP contribution is -2.29. The van der Waals surface area contributed by atoms with E-state index in [4.69, 9.17) is 9.84 Å². The van der Waals surface area contributed by atoms with Crippen molar-refractivity contribution in [1.82, 2.24) is 0 Å². The van der Waals surface area contributed by atoms with Crippen molar-refractivity contribution < 1.29 is 27.9 Å². The molecule has 1 unspecified atom stereocenters. The number of allylic oxidation sites excluding steroid dienone is 3. The summed E-state index contributed by atoms with van der Waals surface area (Å²) in [6.07, 6.45) is 10.0. The molecule has 1 heterocycles. The average molecular weight is 492 g/mol. The smallest absolute Gasteiger partial charge is 0.331 e. The molecule has 0 amide bonds. The van der Waals surface area contributed by atoms with Crippen LogP contribution in [0.5, 0.6) is 5.75 Å². The molecule has 1 aliphatic carbocycles. The highest BCUT2D eigenvalue weighted by atomic mass is 32.2. The molecule has 0 fully saturated rings. The van der Waals surface area contributed by atoms with E-state index in [2.05, 4.69) is 6.92 Å². The lowest BCUT2D eigenvalue weighted by atomic mass is 10.0. The van der Waals surface area contributed by atoms with Crippen molar-refractivity contribution in [3.8, 4) is 5.75 Å². The maximum absolute atomic E-state index is 13.5. The van der Waals surface area contributed by atoms with E-state index in [1.165, 1.54) is 23.9 Å². The number of rotatable bonds is 9. The van der Waals surface area contributed by atoms with Crippen LogP contribution in [0, 0.1) is 5.92 Å². The number of nitrogens with zero attached hydrogens (tertiary/aromatic N) is 1. The van der Waals surface area contributed by atoms with Gasteiger partial charge in [0, 0.05) is 24.7 Å². The molecule has 1 aromatic carbocycles. The van der Waals surface area contributed by atoms with Crippen LogP contribution >= 0.6 is 11.8 Å². The normalized spacial score (nSPS) is 19.8. The number of carboxylic acids is 1. The molecule has 1 aliphatic heterocycles. The molecule has 2 aliphatic rings. The summed E-state index contributed by atoms with van der Waals surface area (Å²) in [5.74, 6) is -0.153. The van der Waals surface area contributed by atoms with Crippen molar-refractivity contribution in [2.24, 2.45) is 5.92 Å². The minimum atomic E-state index is -3.63. The quantitative estimate of drug-likeness (QED) is 0.304. The Morgan fingerprint density at radius 2 is 2.09 bits per heavy atom. The van der Waals surface area contributed by atoms with Crippen LogP contribution in [0.4, 0.5) is 5.69 Å². The number of carbonyl (C=O) groups is 2. The predicted molar refractivity (Wildman–Crippen MR) is 130 cm³/mol. The van der Waals surface area contributed by atoms with E-state index < -0.39 is 15.8 Å². The Labute approximate surface area is 199 Å². The molecule has 33 heavy (non-hydrogen) atoms. The Kier molecular flexibility index (Phi) is 8.42. The molecule has 178 valence electrons. The summed E-state index contributed by atoms with van der Waals surface area (Å²) in [6, 6.07) is 3.31. The van der Waals surface area contributed by atoms with Crippen molar-refractivity contribution in [3.05, 3.63) is 48.4 Å². The largest absolute Gasteiger partial charge is 0.478 e. The SMILES string of the molecule is CCCCC1CN(C2=CCC(=O)C=C2)c2cc(SCC)c(O/C=C/C(=O)O)cc2S(=O)(=O)C1. The zero-order valence-corrected chi connectivity index (χ0v) is 20.5. The molecule has 7 nitrogen and oxygen atoms in total. The Morgan fingerprint density at radius 3 is 2.73 bits per heavy atom. The van der Waals surface area contributed by atoms with E-state index >= 15 is 0 Å². The second kappa shape index (κ2) is 11.1. The molecule has 9 heteroatoms. The van der Waals surface area contributed by atoms with Crippen molar-refractivity contribution in [2.75, 3.05) is 23.0 Å². The van der Waals surface area contributed by atoms with Gasteiger partial charge < -0.3 is 14.7 Å². The van der Waals surface area contributed by atoms with Gasteiger partial charge in [-0.25, -0.2) is 13.2 Å². The summed E-state index contributed by atoms with van der Waals surface area (Å²) in [6.45, 7) is 4.59. The summed E-state index contributed by atoms with van der Waals surface area (Å²) >= 11 is 1.48. The number of benzene rings is 1. The summed E-state index contributed by atoms with van der Waals surface area (Å²) in [7, 11) is -3.63. The predicted octanol–water partition coefficient (Wildman–Crippen LogP) is 4.59. The first-order chi connectivity index (χ1) is 15.7. The number of carboxylic acid groups (broad SMARTS) is 1. The molecule has 0 radical (unpaired) electrons. The number of ether oxygens (including phenoxy) is 1. The number of aliphatic carboxylic acids is 1. The van der Waals surface area contributed by atoms with Crippen LogP contribution in [0.3, 0.4) is 0 Å². The number of anilines is 1. The number of thioether (sulfide) groups is 1. The molecule has 0 spiro atoms. The first-order valence-corrected chi connectivity index (χ1v) is 13.7. The molecule has 1 atom stereocenters. The average Bonchev–Trinajstić information content (AvgIpc) is 2.86. The van der Waals surface area contributed by atoms with E-state index in [9.17, 15) is 18.0 Å². The van der Waals surface area contributed by atoms with Gasteiger partial charge in [-0.2, -0.15) is 0 Å². The van der Waals surface area contributed by atoms with Crippen molar-refractivity contribution in [1.29, 1.82) is 0 Å². The molecular weight excluding hydrogens is 462 g/mol. The van der Waals surface area contributed by atoms with Crippen LogP contribution in [0.1, 0.15) is 39.5 Å². The first-order valence-electron chi connectivity index (χ1n) is 11.0. The van der Waals surface area contributed by atoms with Crippen LogP contribution in [0.2, 0.25) is 0 Å². The standard InChI is InChI=1S/C24H29NO6S2/c1-3-5-6-17-15-25(18-7-9-19(26)10-8-18)20-13-22(32-4-2)21(31-12-11-24(27)28)14-23(20)33(29,30)16-17/h7-9,11-14,17H,3-6,10,15-16H2,1-2H3,(H,27,28)/b12-11+. The molecule has 0 aromatic heterocycles. The summed E-state index contributed by atoms with van der Waals surface area (Å²) in [5, 5.41) is 8.86. The molecule has 0 saturated carbocycles. The van der Waals surface area contributed by atoms with Gasteiger partial charge in [-0.05, 0) is 36.3 Å². The highest BCUT2D eigenvalue weighted by molar-refractivity contribution is 7.99. The third-order valence-corrected chi connectivity index (χ3v) is 8.31. The molecule has 0 saturated heterocycles.